The van der Waals surface area contributed by atoms with E-state index in [0.29, 0.717) is 22.9 Å². The van der Waals surface area contributed by atoms with Gasteiger partial charge in [-0.05, 0) is 37.5 Å². The minimum Gasteiger partial charge on any atom is -0.352 e. The summed E-state index contributed by atoms with van der Waals surface area (Å²) in [4.78, 5) is 26.6. The van der Waals surface area contributed by atoms with Gasteiger partial charge in [0.25, 0.3) is 0 Å². The monoisotopic (exact) mass is 372 g/mol. The number of carbonyl (C=O) groups excluding carboxylic acids is 2. The van der Waals surface area contributed by atoms with Gasteiger partial charge in [-0.3, -0.25) is 9.59 Å². The van der Waals surface area contributed by atoms with Gasteiger partial charge in [0.1, 0.15) is 6.04 Å². The zero-order valence-electron chi connectivity index (χ0n) is 14.7. The Bertz CT molecular complexity index is 578. The topological polar surface area (TPSA) is 49.4 Å². The molecule has 2 amide bonds. The molecule has 2 atom stereocenters. The van der Waals surface area contributed by atoms with Gasteiger partial charge < -0.3 is 10.2 Å². The summed E-state index contributed by atoms with van der Waals surface area (Å²) < 4.78 is 0. The first kappa shape index (κ1) is 20.8. The van der Waals surface area contributed by atoms with E-state index in [9.17, 15) is 9.59 Å². The van der Waals surface area contributed by atoms with Crippen LogP contribution in [0.2, 0.25) is 10.0 Å². The molecule has 0 saturated heterocycles. The maximum atomic E-state index is 12.6. The number of rotatable bonds is 8. The number of carbonyl (C=O) groups is 2. The zero-order valence-corrected chi connectivity index (χ0v) is 16.2. The fraction of sp³-hybridized carbons (Fsp3) is 0.556. The molecular weight excluding hydrogens is 347 g/mol. The van der Waals surface area contributed by atoms with Crippen molar-refractivity contribution in [1.29, 1.82) is 0 Å². The molecule has 4 nitrogen and oxygen atoms in total. The first-order valence-electron chi connectivity index (χ1n) is 8.37. The van der Waals surface area contributed by atoms with Gasteiger partial charge >= 0.3 is 0 Å². The van der Waals surface area contributed by atoms with E-state index in [0.717, 1.165) is 12.0 Å². The first-order valence-corrected chi connectivity index (χ1v) is 9.13. The van der Waals surface area contributed by atoms with Gasteiger partial charge in [-0.15, -0.1) is 0 Å². The lowest BCUT2D eigenvalue weighted by Gasteiger charge is -2.31. The summed E-state index contributed by atoms with van der Waals surface area (Å²) in [7, 11) is 0. The predicted molar refractivity (Wildman–Crippen MR) is 99.3 cm³/mol. The van der Waals surface area contributed by atoms with E-state index < -0.39 is 6.04 Å². The van der Waals surface area contributed by atoms with E-state index in [-0.39, 0.29) is 24.4 Å². The molecule has 0 aliphatic heterocycles. The minimum atomic E-state index is -0.516. The largest absolute Gasteiger partial charge is 0.352 e. The van der Waals surface area contributed by atoms with E-state index in [1.165, 1.54) is 0 Å². The summed E-state index contributed by atoms with van der Waals surface area (Å²) in [5, 5.41) is 4.00. The van der Waals surface area contributed by atoms with Gasteiger partial charge in [0.15, 0.2) is 0 Å². The fourth-order valence-corrected chi connectivity index (χ4v) is 2.87. The second-order valence-corrected chi connectivity index (χ2v) is 6.70. The highest BCUT2D eigenvalue weighted by molar-refractivity contribution is 6.35. The van der Waals surface area contributed by atoms with Crippen LogP contribution in [-0.2, 0) is 16.1 Å². The highest BCUT2D eigenvalue weighted by Gasteiger charge is 2.28. The van der Waals surface area contributed by atoms with Gasteiger partial charge in [-0.1, -0.05) is 50.0 Å². The number of amides is 2. The number of hydrogen-bond donors (Lipinski definition) is 1. The van der Waals surface area contributed by atoms with Crippen LogP contribution in [0, 0.1) is 0 Å². The van der Waals surface area contributed by atoms with E-state index >= 15 is 0 Å². The molecule has 1 aromatic rings. The van der Waals surface area contributed by atoms with Gasteiger partial charge in [-0.2, -0.15) is 0 Å². The molecule has 0 fully saturated rings. The SMILES string of the molecule is CCC(=O)N(Cc1ccc(Cl)cc1Cl)[C@H](CC)C(=O)N[C@@H](C)CC. The van der Waals surface area contributed by atoms with Crippen LogP contribution in [0.3, 0.4) is 0 Å². The quantitative estimate of drug-likeness (QED) is 0.733. The Kier molecular flexibility index (Phi) is 8.57. The van der Waals surface area contributed by atoms with E-state index in [4.69, 9.17) is 23.2 Å². The van der Waals surface area contributed by atoms with Gasteiger partial charge in [0, 0.05) is 29.1 Å². The van der Waals surface area contributed by atoms with Crippen molar-refractivity contribution in [1.82, 2.24) is 10.2 Å². The summed E-state index contributed by atoms with van der Waals surface area (Å²) in [5.74, 6) is -0.203. The molecule has 134 valence electrons. The molecule has 6 heteroatoms. The van der Waals surface area contributed by atoms with Crippen LogP contribution in [0.25, 0.3) is 0 Å². The number of halogens is 2. The Morgan fingerprint density at radius 3 is 2.33 bits per heavy atom. The third-order valence-corrected chi connectivity index (χ3v) is 4.63. The Labute approximate surface area is 154 Å². The Balaban J connectivity index is 3.05. The summed E-state index contributed by atoms with van der Waals surface area (Å²) in [6, 6.07) is 4.73. The molecular formula is C18H26Cl2N2O2. The molecule has 0 radical (unpaired) electrons. The molecule has 1 N–H and O–H groups in total. The third-order valence-electron chi connectivity index (χ3n) is 4.05. The van der Waals surface area contributed by atoms with Crippen molar-refractivity contribution in [3.05, 3.63) is 33.8 Å². The first-order chi connectivity index (χ1) is 11.3. The van der Waals surface area contributed by atoms with Crippen LogP contribution in [0.1, 0.15) is 52.5 Å². The predicted octanol–water partition coefficient (Wildman–Crippen LogP) is 4.43. The third kappa shape index (κ3) is 5.67. The second kappa shape index (κ2) is 9.90. The number of hydrogen-bond acceptors (Lipinski definition) is 2. The van der Waals surface area contributed by atoms with Gasteiger partial charge in [0.05, 0.1) is 0 Å². The molecule has 1 aromatic carbocycles. The standard InChI is InChI=1S/C18H26Cl2N2O2/c1-5-12(4)21-18(24)16(6-2)22(17(23)7-3)11-13-8-9-14(19)10-15(13)20/h8-10,12,16H,5-7,11H2,1-4H3,(H,21,24)/t12-,16+/m0/s1. The molecule has 0 aromatic heterocycles. The molecule has 0 heterocycles. The number of benzene rings is 1. The maximum Gasteiger partial charge on any atom is 0.243 e. The van der Waals surface area contributed by atoms with Crippen molar-refractivity contribution in [2.24, 2.45) is 0 Å². The van der Waals surface area contributed by atoms with E-state index in [2.05, 4.69) is 5.32 Å². The van der Waals surface area contributed by atoms with Crippen molar-refractivity contribution < 1.29 is 9.59 Å². The summed E-state index contributed by atoms with van der Waals surface area (Å²) in [6.45, 7) is 7.94. The second-order valence-electron chi connectivity index (χ2n) is 5.85. The Morgan fingerprint density at radius 2 is 1.83 bits per heavy atom. The molecule has 0 aliphatic carbocycles. The number of nitrogens with one attached hydrogen (secondary N) is 1. The van der Waals surface area contributed by atoms with Crippen LogP contribution in [0.5, 0.6) is 0 Å². The molecule has 1 rings (SSSR count). The van der Waals surface area contributed by atoms with Crippen molar-refractivity contribution in [3.8, 4) is 0 Å². The zero-order chi connectivity index (χ0) is 18.3. The van der Waals surface area contributed by atoms with E-state index in [1.54, 1.807) is 30.0 Å². The van der Waals surface area contributed by atoms with Gasteiger partial charge in [0.2, 0.25) is 11.8 Å². The fourth-order valence-electron chi connectivity index (χ4n) is 2.40. The lowest BCUT2D eigenvalue weighted by atomic mass is 10.1. The molecule has 0 saturated carbocycles. The lowest BCUT2D eigenvalue weighted by molar-refractivity contribution is -0.141. The van der Waals surface area contributed by atoms with Crippen LogP contribution < -0.4 is 5.32 Å². The highest BCUT2D eigenvalue weighted by atomic mass is 35.5. The lowest BCUT2D eigenvalue weighted by Crippen LogP contribution is -2.50. The average Bonchev–Trinajstić information content (AvgIpc) is 2.55. The van der Waals surface area contributed by atoms with Crippen LogP contribution >= 0.6 is 23.2 Å². The van der Waals surface area contributed by atoms with Crippen LogP contribution in [-0.4, -0.2) is 28.8 Å². The van der Waals surface area contributed by atoms with Gasteiger partial charge in [-0.25, -0.2) is 0 Å². The molecule has 0 spiro atoms. The minimum absolute atomic E-state index is 0.0734. The number of nitrogens with zero attached hydrogens (tertiary/aromatic N) is 1. The molecule has 0 bridgehead atoms. The van der Waals surface area contributed by atoms with Crippen molar-refractivity contribution in [2.45, 2.75) is 65.6 Å². The average molecular weight is 373 g/mol. The van der Waals surface area contributed by atoms with E-state index in [1.807, 2.05) is 20.8 Å². The van der Waals surface area contributed by atoms with Crippen LogP contribution in [0.15, 0.2) is 18.2 Å². The van der Waals surface area contributed by atoms with Crippen molar-refractivity contribution in [2.75, 3.05) is 0 Å². The van der Waals surface area contributed by atoms with Crippen molar-refractivity contribution in [3.63, 3.8) is 0 Å². The molecule has 0 aliphatic rings. The Morgan fingerprint density at radius 1 is 1.17 bits per heavy atom. The maximum absolute atomic E-state index is 12.6. The molecule has 24 heavy (non-hydrogen) atoms. The molecule has 0 unspecified atom stereocenters. The summed E-state index contributed by atoms with van der Waals surface area (Å²) in [6.07, 6.45) is 1.71. The normalized spacial score (nSPS) is 13.2. The van der Waals surface area contributed by atoms with Crippen LogP contribution in [0.4, 0.5) is 0 Å². The van der Waals surface area contributed by atoms with Crippen molar-refractivity contribution >= 4 is 35.0 Å². The Hall–Kier alpha value is -1.26. The smallest absolute Gasteiger partial charge is 0.243 e. The summed E-state index contributed by atoms with van der Waals surface area (Å²) in [5.41, 5.74) is 0.776. The highest BCUT2D eigenvalue weighted by Crippen LogP contribution is 2.24. The summed E-state index contributed by atoms with van der Waals surface area (Å²) >= 11 is 12.2.